The van der Waals surface area contributed by atoms with Gasteiger partial charge in [-0.1, -0.05) is 76.3 Å². The Morgan fingerprint density at radius 1 is 0.862 bits per heavy atom. The van der Waals surface area contributed by atoms with Crippen molar-refractivity contribution in [3.05, 3.63) is 65.0 Å². The second kappa shape index (κ2) is 11.4. The van der Waals surface area contributed by atoms with Crippen molar-refractivity contribution < 1.29 is 9.13 Å². The van der Waals surface area contributed by atoms with Crippen molar-refractivity contribution in [2.45, 2.75) is 90.6 Å². The number of hydrogen-bond acceptors (Lipinski definition) is 1. The lowest BCUT2D eigenvalue weighted by atomic mass is 9.77. The van der Waals surface area contributed by atoms with Crippen molar-refractivity contribution in [3.63, 3.8) is 0 Å². The van der Waals surface area contributed by atoms with Gasteiger partial charge < -0.3 is 4.74 Å². The lowest BCUT2D eigenvalue weighted by molar-refractivity contribution is 0.287. The predicted molar refractivity (Wildman–Crippen MR) is 120 cm³/mol. The van der Waals surface area contributed by atoms with Gasteiger partial charge in [-0.3, -0.25) is 0 Å². The van der Waals surface area contributed by atoms with Crippen molar-refractivity contribution in [1.82, 2.24) is 0 Å². The number of unbranched alkanes of at least 4 members (excludes halogenated alkanes) is 2. The van der Waals surface area contributed by atoms with Gasteiger partial charge in [0.15, 0.2) is 11.6 Å². The molecule has 2 aromatic carbocycles. The number of rotatable bonds is 10. The quantitative estimate of drug-likeness (QED) is 0.368. The minimum atomic E-state index is -0.227. The zero-order valence-corrected chi connectivity index (χ0v) is 18.3. The van der Waals surface area contributed by atoms with Crippen LogP contribution in [0.2, 0.25) is 0 Å². The second-order valence-electron chi connectivity index (χ2n) is 8.76. The SMILES string of the molecule is CCCCCC1CCC(c2ccc(OCc3ccc(CCC)cc3)c(F)c2)CC1. The molecule has 1 aliphatic rings. The molecule has 0 N–H and O–H groups in total. The molecule has 0 radical (unpaired) electrons. The van der Waals surface area contributed by atoms with E-state index in [0.29, 0.717) is 18.3 Å². The van der Waals surface area contributed by atoms with Gasteiger partial charge in [-0.2, -0.15) is 0 Å². The Kier molecular flexibility index (Phi) is 8.58. The highest BCUT2D eigenvalue weighted by Crippen LogP contribution is 2.38. The smallest absolute Gasteiger partial charge is 0.165 e. The summed E-state index contributed by atoms with van der Waals surface area (Å²) in [6.07, 6.45) is 12.6. The van der Waals surface area contributed by atoms with Crippen LogP contribution in [0.25, 0.3) is 0 Å². The first kappa shape index (κ1) is 21.9. The first-order valence-electron chi connectivity index (χ1n) is 11.7. The summed E-state index contributed by atoms with van der Waals surface area (Å²) < 4.78 is 20.4. The normalized spacial score (nSPS) is 19.3. The first-order chi connectivity index (χ1) is 14.2. The van der Waals surface area contributed by atoms with Crippen LogP contribution in [0.15, 0.2) is 42.5 Å². The van der Waals surface area contributed by atoms with E-state index in [1.807, 2.05) is 6.07 Å². The molecular formula is C27H37FO. The van der Waals surface area contributed by atoms with E-state index in [1.54, 1.807) is 6.07 Å². The van der Waals surface area contributed by atoms with Crippen molar-refractivity contribution in [3.8, 4) is 5.75 Å². The molecule has 0 heterocycles. The van der Waals surface area contributed by atoms with Gasteiger partial charge in [-0.15, -0.1) is 0 Å². The highest BCUT2D eigenvalue weighted by Gasteiger charge is 2.23. The van der Waals surface area contributed by atoms with E-state index in [2.05, 4.69) is 44.2 Å². The number of benzene rings is 2. The van der Waals surface area contributed by atoms with E-state index < -0.39 is 0 Å². The van der Waals surface area contributed by atoms with Crippen LogP contribution in [0, 0.1) is 11.7 Å². The molecule has 158 valence electrons. The molecule has 1 fully saturated rings. The van der Waals surface area contributed by atoms with E-state index in [0.717, 1.165) is 29.9 Å². The number of hydrogen-bond donors (Lipinski definition) is 0. The van der Waals surface area contributed by atoms with E-state index in [9.17, 15) is 4.39 Å². The molecule has 1 saturated carbocycles. The Balaban J connectivity index is 1.50. The zero-order chi connectivity index (χ0) is 20.5. The Hall–Kier alpha value is -1.83. The first-order valence-corrected chi connectivity index (χ1v) is 11.7. The Morgan fingerprint density at radius 2 is 1.59 bits per heavy atom. The Bertz CT molecular complexity index is 729. The fourth-order valence-corrected chi connectivity index (χ4v) is 4.61. The summed E-state index contributed by atoms with van der Waals surface area (Å²) in [6.45, 7) is 4.86. The van der Waals surface area contributed by atoms with Crippen LogP contribution in [0.4, 0.5) is 4.39 Å². The molecule has 3 rings (SSSR count). The van der Waals surface area contributed by atoms with E-state index in [4.69, 9.17) is 4.74 Å². The molecule has 0 amide bonds. The summed E-state index contributed by atoms with van der Waals surface area (Å²) in [7, 11) is 0. The van der Waals surface area contributed by atoms with Crippen molar-refractivity contribution in [2.75, 3.05) is 0 Å². The Morgan fingerprint density at radius 3 is 2.24 bits per heavy atom. The third kappa shape index (κ3) is 6.59. The Labute approximate surface area is 176 Å². The van der Waals surface area contributed by atoms with Crippen LogP contribution in [0.5, 0.6) is 5.75 Å². The van der Waals surface area contributed by atoms with Gasteiger partial charge in [0.25, 0.3) is 0 Å². The van der Waals surface area contributed by atoms with E-state index >= 15 is 0 Å². The molecular weight excluding hydrogens is 359 g/mol. The van der Waals surface area contributed by atoms with Crippen molar-refractivity contribution >= 4 is 0 Å². The third-order valence-electron chi connectivity index (χ3n) is 6.45. The summed E-state index contributed by atoms with van der Waals surface area (Å²) in [4.78, 5) is 0. The van der Waals surface area contributed by atoms with Crippen LogP contribution < -0.4 is 4.74 Å². The maximum atomic E-state index is 14.6. The minimum Gasteiger partial charge on any atom is -0.486 e. The highest BCUT2D eigenvalue weighted by atomic mass is 19.1. The van der Waals surface area contributed by atoms with Crippen LogP contribution >= 0.6 is 0 Å². The number of ether oxygens (including phenoxy) is 1. The van der Waals surface area contributed by atoms with Gasteiger partial charge in [0.05, 0.1) is 0 Å². The van der Waals surface area contributed by atoms with Gasteiger partial charge in [0.1, 0.15) is 6.61 Å². The summed E-state index contributed by atoms with van der Waals surface area (Å²) in [5.41, 5.74) is 3.56. The van der Waals surface area contributed by atoms with E-state index in [1.165, 1.54) is 56.9 Å². The van der Waals surface area contributed by atoms with E-state index in [-0.39, 0.29) is 5.82 Å². The van der Waals surface area contributed by atoms with Gasteiger partial charge >= 0.3 is 0 Å². The molecule has 2 aromatic rings. The molecule has 29 heavy (non-hydrogen) atoms. The topological polar surface area (TPSA) is 9.23 Å². The highest BCUT2D eigenvalue weighted by molar-refractivity contribution is 5.32. The van der Waals surface area contributed by atoms with Crippen LogP contribution in [0.3, 0.4) is 0 Å². The van der Waals surface area contributed by atoms with Crippen LogP contribution in [0.1, 0.15) is 94.2 Å². The molecule has 2 heteroatoms. The average Bonchev–Trinajstić information content (AvgIpc) is 2.75. The lowest BCUT2D eigenvalue weighted by Crippen LogP contribution is -2.13. The summed E-state index contributed by atoms with van der Waals surface area (Å²) >= 11 is 0. The molecule has 0 spiro atoms. The lowest BCUT2D eigenvalue weighted by Gasteiger charge is -2.29. The van der Waals surface area contributed by atoms with Crippen molar-refractivity contribution in [2.24, 2.45) is 5.92 Å². The summed E-state index contributed by atoms with van der Waals surface area (Å²) in [5.74, 6) is 1.52. The average molecular weight is 397 g/mol. The zero-order valence-electron chi connectivity index (χ0n) is 18.3. The maximum Gasteiger partial charge on any atom is 0.165 e. The van der Waals surface area contributed by atoms with Gasteiger partial charge in [0, 0.05) is 0 Å². The van der Waals surface area contributed by atoms with Gasteiger partial charge in [-0.05, 0) is 72.8 Å². The summed E-state index contributed by atoms with van der Waals surface area (Å²) in [6, 6.07) is 14.0. The number of halogens is 1. The monoisotopic (exact) mass is 396 g/mol. The molecule has 0 bridgehead atoms. The fourth-order valence-electron chi connectivity index (χ4n) is 4.61. The largest absolute Gasteiger partial charge is 0.486 e. The van der Waals surface area contributed by atoms with Crippen LogP contribution in [-0.2, 0) is 13.0 Å². The van der Waals surface area contributed by atoms with Gasteiger partial charge in [0.2, 0.25) is 0 Å². The molecule has 0 atom stereocenters. The predicted octanol–water partition coefficient (Wildman–Crippen LogP) is 8.21. The standard InChI is InChI=1S/C27H37FO/c1-3-5-6-8-22-13-15-24(16-14-22)25-17-18-27(26(28)19-25)29-20-23-11-9-21(7-4-2)10-12-23/h9-12,17-19,22,24H,3-8,13-16,20H2,1-2H3. The van der Waals surface area contributed by atoms with Gasteiger partial charge in [-0.25, -0.2) is 4.39 Å². The molecule has 0 unspecified atom stereocenters. The van der Waals surface area contributed by atoms with Crippen LogP contribution in [-0.4, -0.2) is 0 Å². The summed E-state index contributed by atoms with van der Waals surface area (Å²) in [5, 5.41) is 0. The molecule has 1 aliphatic carbocycles. The molecule has 1 nitrogen and oxygen atoms in total. The maximum absolute atomic E-state index is 14.6. The molecule has 0 aliphatic heterocycles. The second-order valence-corrected chi connectivity index (χ2v) is 8.76. The van der Waals surface area contributed by atoms with Crippen molar-refractivity contribution in [1.29, 1.82) is 0 Å². The molecule has 0 aromatic heterocycles. The third-order valence-corrected chi connectivity index (χ3v) is 6.45. The molecule has 0 saturated heterocycles. The number of aryl methyl sites for hydroxylation is 1. The fraction of sp³-hybridized carbons (Fsp3) is 0.556. The minimum absolute atomic E-state index is 0.227.